The topological polar surface area (TPSA) is 99.2 Å². The molecule has 12 heteroatoms. The Morgan fingerprint density at radius 2 is 2.00 bits per heavy atom. The van der Waals surface area contributed by atoms with Gasteiger partial charge in [0.1, 0.15) is 11.6 Å². The van der Waals surface area contributed by atoms with Gasteiger partial charge >= 0.3 is 12.4 Å². The molecule has 9 nitrogen and oxygen atoms in total. The Balaban J connectivity index is 1.55. The number of carbonyl (C=O) groups is 1. The molecule has 0 radical (unpaired) electrons. The fourth-order valence-electron chi connectivity index (χ4n) is 4.41. The van der Waals surface area contributed by atoms with Gasteiger partial charge in [-0.05, 0) is 61.2 Å². The average Bonchev–Trinajstić information content (AvgIpc) is 3.32. The largest absolute Gasteiger partial charge is 0.522 e. The zero-order valence-corrected chi connectivity index (χ0v) is 20.8. The smallest absolute Gasteiger partial charge is 0.394 e. The van der Waals surface area contributed by atoms with Gasteiger partial charge in [0, 0.05) is 37.9 Å². The number of aromatic nitrogens is 1. The van der Waals surface area contributed by atoms with E-state index in [0.717, 1.165) is 22.5 Å². The second-order valence-electron chi connectivity index (χ2n) is 9.31. The van der Waals surface area contributed by atoms with Crippen molar-refractivity contribution in [2.24, 2.45) is 0 Å². The van der Waals surface area contributed by atoms with Crippen molar-refractivity contribution in [1.29, 1.82) is 0 Å². The third kappa shape index (κ3) is 7.24. The Kier molecular flexibility index (Phi) is 8.40. The van der Waals surface area contributed by atoms with Crippen LogP contribution in [0.4, 0.5) is 35.3 Å². The molecule has 2 amide bonds. The third-order valence-corrected chi connectivity index (χ3v) is 6.35. The van der Waals surface area contributed by atoms with Crippen LogP contribution < -0.4 is 15.5 Å². The highest BCUT2D eigenvalue weighted by molar-refractivity contribution is 5.91. The maximum Gasteiger partial charge on any atom is 0.522 e. The third-order valence-electron chi connectivity index (χ3n) is 6.35. The van der Waals surface area contributed by atoms with Crippen LogP contribution in [0.2, 0.25) is 0 Å². The van der Waals surface area contributed by atoms with Crippen LogP contribution in [0.5, 0.6) is 0 Å². The van der Waals surface area contributed by atoms with E-state index in [9.17, 15) is 23.1 Å². The van der Waals surface area contributed by atoms with E-state index in [2.05, 4.69) is 20.3 Å². The molecule has 37 heavy (non-hydrogen) atoms. The van der Waals surface area contributed by atoms with Crippen molar-refractivity contribution in [3.63, 3.8) is 0 Å². The summed E-state index contributed by atoms with van der Waals surface area (Å²) in [5.41, 5.74) is 3.23. The standard InChI is InChI=1S/C25H32F3N5O4/c1-16-3-4-19(30-24(35)33-6-5-20(14-33)37-25(26,27)28)13-21(16)18-11-22(29-17(2)15-34)31-23(12-18)32-7-9-36-10-8-32/h3-4,11-13,17,20,34H,5-10,14-15H2,1-2H3,(H,29,31)(H,30,35). The fourth-order valence-corrected chi connectivity index (χ4v) is 4.41. The first-order chi connectivity index (χ1) is 17.6. The molecule has 1 aromatic carbocycles. The zero-order chi connectivity index (χ0) is 26.6. The van der Waals surface area contributed by atoms with E-state index in [1.54, 1.807) is 6.07 Å². The van der Waals surface area contributed by atoms with Gasteiger partial charge in [-0.25, -0.2) is 9.78 Å². The number of hydrogen-bond acceptors (Lipinski definition) is 7. The Labute approximate surface area is 213 Å². The van der Waals surface area contributed by atoms with Gasteiger partial charge in [0.25, 0.3) is 0 Å². The number of benzene rings is 1. The Morgan fingerprint density at radius 1 is 1.24 bits per heavy atom. The molecule has 2 aliphatic heterocycles. The Morgan fingerprint density at radius 3 is 2.70 bits per heavy atom. The number of nitrogens with zero attached hydrogens (tertiary/aromatic N) is 3. The maximum absolute atomic E-state index is 12.7. The predicted octanol–water partition coefficient (Wildman–Crippen LogP) is 3.83. The lowest BCUT2D eigenvalue weighted by molar-refractivity contribution is -0.340. The van der Waals surface area contributed by atoms with Crippen molar-refractivity contribution in [2.75, 3.05) is 61.5 Å². The molecule has 2 aliphatic rings. The minimum atomic E-state index is -4.73. The number of aryl methyl sites for hydroxylation is 1. The van der Waals surface area contributed by atoms with Crippen molar-refractivity contribution < 1.29 is 32.5 Å². The molecule has 2 saturated heterocycles. The predicted molar refractivity (Wildman–Crippen MR) is 134 cm³/mol. The Hall–Kier alpha value is -3.09. The number of ether oxygens (including phenoxy) is 2. The first-order valence-corrected chi connectivity index (χ1v) is 12.2. The quantitative estimate of drug-likeness (QED) is 0.507. The number of anilines is 3. The lowest BCUT2D eigenvalue weighted by Gasteiger charge is -2.29. The molecule has 2 unspecified atom stereocenters. The first kappa shape index (κ1) is 27.0. The van der Waals surface area contributed by atoms with Gasteiger partial charge in [0.05, 0.1) is 25.9 Å². The number of nitrogens with one attached hydrogen (secondary N) is 2. The summed E-state index contributed by atoms with van der Waals surface area (Å²) in [6.07, 6.45) is -5.67. The van der Waals surface area contributed by atoms with Crippen molar-refractivity contribution >= 4 is 23.4 Å². The van der Waals surface area contributed by atoms with Crippen LogP contribution in [-0.4, -0.2) is 85.5 Å². The summed E-state index contributed by atoms with van der Waals surface area (Å²) < 4.78 is 47.1. The van der Waals surface area contributed by atoms with E-state index in [1.807, 2.05) is 38.1 Å². The number of aliphatic hydroxyl groups excluding tert-OH is 1. The van der Waals surface area contributed by atoms with E-state index in [4.69, 9.17) is 9.72 Å². The lowest BCUT2D eigenvalue weighted by atomic mass is 10.00. The van der Waals surface area contributed by atoms with Crippen LogP contribution in [0.25, 0.3) is 11.1 Å². The molecule has 202 valence electrons. The van der Waals surface area contributed by atoms with Gasteiger partial charge in [-0.1, -0.05) is 6.07 Å². The average molecular weight is 524 g/mol. The van der Waals surface area contributed by atoms with Crippen LogP contribution in [-0.2, 0) is 9.47 Å². The summed E-state index contributed by atoms with van der Waals surface area (Å²) in [6, 6.07) is 8.67. The van der Waals surface area contributed by atoms with E-state index >= 15 is 0 Å². The zero-order valence-electron chi connectivity index (χ0n) is 20.8. The molecule has 0 saturated carbocycles. The summed E-state index contributed by atoms with van der Waals surface area (Å²) in [6.45, 7) is 6.42. The highest BCUT2D eigenvalue weighted by atomic mass is 19.4. The highest BCUT2D eigenvalue weighted by Gasteiger charge is 2.37. The minimum absolute atomic E-state index is 0.0509. The van der Waals surface area contributed by atoms with E-state index < -0.39 is 18.5 Å². The van der Waals surface area contributed by atoms with Crippen molar-refractivity contribution in [2.45, 2.75) is 38.8 Å². The number of pyridine rings is 1. The van der Waals surface area contributed by atoms with Crippen LogP contribution in [0, 0.1) is 6.92 Å². The monoisotopic (exact) mass is 523 g/mol. The molecule has 4 rings (SSSR count). The van der Waals surface area contributed by atoms with Crippen LogP contribution >= 0.6 is 0 Å². The Bertz CT molecular complexity index is 1090. The summed E-state index contributed by atoms with van der Waals surface area (Å²) in [4.78, 5) is 20.9. The van der Waals surface area contributed by atoms with Gasteiger partial charge in [0.15, 0.2) is 0 Å². The second-order valence-corrected chi connectivity index (χ2v) is 9.31. The molecule has 0 bridgehead atoms. The van der Waals surface area contributed by atoms with Crippen LogP contribution in [0.1, 0.15) is 18.9 Å². The number of carbonyl (C=O) groups excluding carboxylic acids is 1. The van der Waals surface area contributed by atoms with Crippen molar-refractivity contribution in [3.05, 3.63) is 35.9 Å². The number of hydrogen-bond donors (Lipinski definition) is 3. The second kappa shape index (κ2) is 11.5. The van der Waals surface area contributed by atoms with Crippen LogP contribution in [0.15, 0.2) is 30.3 Å². The molecule has 0 spiro atoms. The molecule has 3 N–H and O–H groups in total. The summed E-state index contributed by atoms with van der Waals surface area (Å²) >= 11 is 0. The normalized spacial score (nSPS) is 19.1. The van der Waals surface area contributed by atoms with Crippen LogP contribution in [0.3, 0.4) is 0 Å². The molecule has 0 aliphatic carbocycles. The highest BCUT2D eigenvalue weighted by Crippen LogP contribution is 2.32. The fraction of sp³-hybridized carbons (Fsp3) is 0.520. The molecule has 2 aromatic rings. The lowest BCUT2D eigenvalue weighted by Crippen LogP contribution is -2.37. The number of rotatable bonds is 7. The molecule has 3 heterocycles. The number of halogens is 3. The van der Waals surface area contributed by atoms with Crippen molar-refractivity contribution in [3.8, 4) is 11.1 Å². The van der Waals surface area contributed by atoms with E-state index in [1.165, 1.54) is 4.90 Å². The van der Waals surface area contributed by atoms with Gasteiger partial charge in [-0.15, -0.1) is 13.2 Å². The number of morpholine rings is 1. The summed E-state index contributed by atoms with van der Waals surface area (Å²) in [7, 11) is 0. The summed E-state index contributed by atoms with van der Waals surface area (Å²) in [5.74, 6) is 1.39. The molecule has 2 atom stereocenters. The molecule has 1 aromatic heterocycles. The summed E-state index contributed by atoms with van der Waals surface area (Å²) in [5, 5.41) is 15.5. The number of urea groups is 1. The van der Waals surface area contributed by atoms with Gasteiger partial charge in [0.2, 0.25) is 0 Å². The minimum Gasteiger partial charge on any atom is -0.394 e. The van der Waals surface area contributed by atoms with E-state index in [-0.39, 0.29) is 32.2 Å². The molecular formula is C25H32F3N5O4. The number of amides is 2. The van der Waals surface area contributed by atoms with Gasteiger partial charge < -0.3 is 30.3 Å². The van der Waals surface area contributed by atoms with E-state index in [0.29, 0.717) is 37.8 Å². The molecular weight excluding hydrogens is 491 g/mol. The van der Waals surface area contributed by atoms with Gasteiger partial charge in [-0.2, -0.15) is 0 Å². The number of likely N-dealkylation sites (tertiary alicyclic amines) is 1. The van der Waals surface area contributed by atoms with Crippen molar-refractivity contribution in [1.82, 2.24) is 9.88 Å². The first-order valence-electron chi connectivity index (χ1n) is 12.2. The SMILES string of the molecule is Cc1ccc(NC(=O)N2CCC(OC(F)(F)F)C2)cc1-c1cc(NC(C)CO)nc(N2CCOCC2)c1. The maximum atomic E-state index is 12.7. The number of alkyl halides is 3. The van der Waals surface area contributed by atoms with Gasteiger partial charge in [-0.3, -0.25) is 4.74 Å². The molecule has 2 fully saturated rings. The number of aliphatic hydroxyl groups is 1.